The van der Waals surface area contributed by atoms with Gasteiger partial charge in [0.25, 0.3) is 0 Å². The lowest BCUT2D eigenvalue weighted by Gasteiger charge is -2.34. The van der Waals surface area contributed by atoms with Gasteiger partial charge in [-0.3, -0.25) is 19.2 Å². The van der Waals surface area contributed by atoms with Gasteiger partial charge in [-0.2, -0.15) is 0 Å². The van der Waals surface area contributed by atoms with E-state index < -0.39 is 47.8 Å². The first-order valence-corrected chi connectivity index (χ1v) is 9.41. The molecule has 30 heavy (non-hydrogen) atoms. The summed E-state index contributed by atoms with van der Waals surface area (Å²) in [7, 11) is 0. The fourth-order valence-corrected chi connectivity index (χ4v) is 3.34. The predicted octanol–water partition coefficient (Wildman–Crippen LogP) is 1.58. The monoisotopic (exact) mass is 422 g/mol. The summed E-state index contributed by atoms with van der Waals surface area (Å²) in [6.45, 7) is 6.20. The van der Waals surface area contributed by atoms with Crippen LogP contribution in [0.1, 0.15) is 38.8 Å². The SMILES string of the molecule is CC(=O)OC[C@@H]1O[C@](COC(C)=O)(c2ccc(C)cc2)[C@H](OC(C)=O)[C@@H]1OC(C)=O. The molecule has 1 aromatic carbocycles. The number of benzene rings is 1. The minimum Gasteiger partial charge on any atom is -0.463 e. The summed E-state index contributed by atoms with van der Waals surface area (Å²) >= 11 is 0. The van der Waals surface area contributed by atoms with Gasteiger partial charge >= 0.3 is 23.9 Å². The molecule has 2 rings (SSSR count). The quantitative estimate of drug-likeness (QED) is 0.477. The Bertz CT molecular complexity index is 801. The fraction of sp³-hybridized carbons (Fsp3) is 0.524. The van der Waals surface area contributed by atoms with E-state index in [1.807, 2.05) is 19.1 Å². The van der Waals surface area contributed by atoms with Crippen molar-refractivity contribution in [2.24, 2.45) is 0 Å². The molecule has 1 heterocycles. The molecule has 0 aromatic heterocycles. The number of carbonyl (C=O) groups is 4. The molecule has 1 aliphatic heterocycles. The van der Waals surface area contributed by atoms with Crippen LogP contribution in [0.3, 0.4) is 0 Å². The van der Waals surface area contributed by atoms with Gasteiger partial charge in [0.15, 0.2) is 17.8 Å². The second-order valence-corrected chi connectivity index (χ2v) is 7.10. The van der Waals surface area contributed by atoms with E-state index in [0.29, 0.717) is 5.56 Å². The second kappa shape index (κ2) is 9.71. The molecule has 0 saturated carbocycles. The Morgan fingerprint density at radius 3 is 1.93 bits per heavy atom. The van der Waals surface area contributed by atoms with Gasteiger partial charge in [-0.25, -0.2) is 0 Å². The van der Waals surface area contributed by atoms with Gasteiger partial charge in [-0.1, -0.05) is 29.8 Å². The molecular formula is C21H26O9. The molecule has 1 fully saturated rings. The van der Waals surface area contributed by atoms with Crippen LogP contribution in [0.5, 0.6) is 0 Å². The normalized spacial score (nSPS) is 25.3. The van der Waals surface area contributed by atoms with Gasteiger partial charge in [-0.05, 0) is 12.5 Å². The summed E-state index contributed by atoms with van der Waals surface area (Å²) < 4.78 is 27.4. The highest BCUT2D eigenvalue weighted by Crippen LogP contribution is 2.44. The maximum Gasteiger partial charge on any atom is 0.303 e. The molecule has 1 aromatic rings. The summed E-state index contributed by atoms with van der Waals surface area (Å²) in [5.41, 5.74) is 0.0372. The summed E-state index contributed by atoms with van der Waals surface area (Å²) in [6, 6.07) is 7.13. The Balaban J connectivity index is 2.58. The highest BCUT2D eigenvalue weighted by Gasteiger charge is 2.61. The van der Waals surface area contributed by atoms with Gasteiger partial charge in [0.2, 0.25) is 0 Å². The van der Waals surface area contributed by atoms with Crippen LogP contribution in [0.15, 0.2) is 24.3 Å². The number of aryl methyl sites for hydroxylation is 1. The van der Waals surface area contributed by atoms with E-state index in [0.717, 1.165) is 5.56 Å². The van der Waals surface area contributed by atoms with Crippen molar-refractivity contribution in [2.75, 3.05) is 13.2 Å². The van der Waals surface area contributed by atoms with Crippen LogP contribution in [0.25, 0.3) is 0 Å². The van der Waals surface area contributed by atoms with Crippen molar-refractivity contribution in [1.82, 2.24) is 0 Å². The van der Waals surface area contributed by atoms with Gasteiger partial charge < -0.3 is 23.7 Å². The van der Waals surface area contributed by atoms with Crippen LogP contribution in [-0.4, -0.2) is 55.4 Å². The maximum atomic E-state index is 11.9. The van der Waals surface area contributed by atoms with E-state index in [4.69, 9.17) is 23.7 Å². The third kappa shape index (κ3) is 5.56. The highest BCUT2D eigenvalue weighted by atomic mass is 16.7. The molecule has 9 heteroatoms. The lowest BCUT2D eigenvalue weighted by atomic mass is 9.87. The molecule has 0 N–H and O–H groups in total. The number of rotatable bonds is 7. The lowest BCUT2D eigenvalue weighted by Crippen LogP contribution is -2.48. The Morgan fingerprint density at radius 2 is 1.43 bits per heavy atom. The standard InChI is InChI=1S/C21H26O9/c1-12-6-8-17(9-7-12)21(11-27-14(3)23)20(29-16(5)25)19(28-15(4)24)18(30-21)10-26-13(2)22/h6-9,18-20H,10-11H2,1-5H3/t18-,19+,20+,21+/m0/s1. The van der Waals surface area contributed by atoms with Crippen LogP contribution >= 0.6 is 0 Å². The molecular weight excluding hydrogens is 396 g/mol. The minimum atomic E-state index is -1.48. The maximum absolute atomic E-state index is 11.9. The third-order valence-electron chi connectivity index (χ3n) is 4.56. The van der Waals surface area contributed by atoms with Crippen molar-refractivity contribution in [3.8, 4) is 0 Å². The van der Waals surface area contributed by atoms with Crippen molar-refractivity contribution < 1.29 is 42.9 Å². The summed E-state index contributed by atoms with van der Waals surface area (Å²) in [5, 5.41) is 0. The van der Waals surface area contributed by atoms with Crippen molar-refractivity contribution >= 4 is 23.9 Å². The van der Waals surface area contributed by atoms with Gasteiger partial charge in [-0.15, -0.1) is 0 Å². The first-order valence-electron chi connectivity index (χ1n) is 9.41. The molecule has 164 valence electrons. The Kier molecular flexibility index (Phi) is 7.55. The zero-order valence-electron chi connectivity index (χ0n) is 17.6. The molecule has 0 amide bonds. The summed E-state index contributed by atoms with van der Waals surface area (Å²) in [5.74, 6) is -2.41. The molecule has 9 nitrogen and oxygen atoms in total. The number of esters is 4. The third-order valence-corrected chi connectivity index (χ3v) is 4.56. The van der Waals surface area contributed by atoms with Crippen molar-refractivity contribution in [2.45, 2.75) is 58.5 Å². The van der Waals surface area contributed by atoms with E-state index in [-0.39, 0.29) is 13.2 Å². The minimum absolute atomic E-state index is 0.251. The molecule has 0 spiro atoms. The first-order chi connectivity index (χ1) is 14.0. The summed E-state index contributed by atoms with van der Waals surface area (Å²) in [6.07, 6.45) is -3.21. The van der Waals surface area contributed by atoms with E-state index in [2.05, 4.69) is 0 Å². The largest absolute Gasteiger partial charge is 0.463 e. The second-order valence-electron chi connectivity index (χ2n) is 7.10. The number of hydrogen-bond donors (Lipinski definition) is 0. The topological polar surface area (TPSA) is 114 Å². The molecule has 0 radical (unpaired) electrons. The van der Waals surface area contributed by atoms with E-state index >= 15 is 0 Å². The zero-order valence-corrected chi connectivity index (χ0v) is 17.6. The van der Waals surface area contributed by atoms with Gasteiger partial charge in [0, 0.05) is 27.7 Å². The highest BCUT2D eigenvalue weighted by molar-refractivity contribution is 5.68. The number of carbonyl (C=O) groups excluding carboxylic acids is 4. The smallest absolute Gasteiger partial charge is 0.303 e. The van der Waals surface area contributed by atoms with Crippen molar-refractivity contribution in [1.29, 1.82) is 0 Å². The molecule has 1 aliphatic rings. The van der Waals surface area contributed by atoms with Crippen LogP contribution in [0.4, 0.5) is 0 Å². The van der Waals surface area contributed by atoms with Crippen molar-refractivity contribution in [3.05, 3.63) is 35.4 Å². The Morgan fingerprint density at radius 1 is 0.867 bits per heavy atom. The number of ether oxygens (including phenoxy) is 5. The van der Waals surface area contributed by atoms with Crippen molar-refractivity contribution in [3.63, 3.8) is 0 Å². The fourth-order valence-electron chi connectivity index (χ4n) is 3.34. The van der Waals surface area contributed by atoms with Crippen LogP contribution in [-0.2, 0) is 48.5 Å². The van der Waals surface area contributed by atoms with Crippen LogP contribution < -0.4 is 0 Å². The van der Waals surface area contributed by atoms with E-state index in [1.165, 1.54) is 27.7 Å². The van der Waals surface area contributed by atoms with Crippen LogP contribution in [0.2, 0.25) is 0 Å². The molecule has 0 bridgehead atoms. The molecule has 0 unspecified atom stereocenters. The molecule has 0 aliphatic carbocycles. The van der Waals surface area contributed by atoms with E-state index in [9.17, 15) is 19.2 Å². The molecule has 1 saturated heterocycles. The lowest BCUT2D eigenvalue weighted by molar-refractivity contribution is -0.179. The average Bonchev–Trinajstić information content (AvgIpc) is 2.92. The predicted molar refractivity (Wildman–Crippen MR) is 102 cm³/mol. The Labute approximate surface area is 174 Å². The van der Waals surface area contributed by atoms with Gasteiger partial charge in [0.1, 0.15) is 19.3 Å². The molecule has 4 atom stereocenters. The number of hydrogen-bond acceptors (Lipinski definition) is 9. The zero-order chi connectivity index (χ0) is 22.5. The average molecular weight is 422 g/mol. The van der Waals surface area contributed by atoms with Gasteiger partial charge in [0.05, 0.1) is 0 Å². The van der Waals surface area contributed by atoms with Crippen LogP contribution in [0, 0.1) is 6.92 Å². The summed E-state index contributed by atoms with van der Waals surface area (Å²) in [4.78, 5) is 46.6. The Hall–Kier alpha value is -2.94. The van der Waals surface area contributed by atoms with E-state index in [1.54, 1.807) is 12.1 Å². The first kappa shape index (κ1) is 23.3.